The summed E-state index contributed by atoms with van der Waals surface area (Å²) in [5.74, 6) is 1.30. The molecule has 1 N–H and O–H groups in total. The molecule has 0 atom stereocenters. The maximum Gasteiger partial charge on any atom is 0.255 e. The van der Waals surface area contributed by atoms with Crippen LogP contribution in [0.5, 0.6) is 11.5 Å². The molecular weight excluding hydrogens is 326 g/mol. The Bertz CT molecular complexity index is 729. The summed E-state index contributed by atoms with van der Waals surface area (Å²) >= 11 is 6.16. The fraction of sp³-hybridized carbons (Fsp3) is 0.316. The van der Waals surface area contributed by atoms with E-state index < -0.39 is 0 Å². The first-order chi connectivity index (χ1) is 11.4. The topological polar surface area (TPSA) is 47.6 Å². The highest BCUT2D eigenvalue weighted by Gasteiger charge is 2.13. The normalized spacial score (nSPS) is 10.6. The van der Waals surface area contributed by atoms with Crippen LogP contribution in [0.15, 0.2) is 36.4 Å². The molecule has 2 rings (SSSR count). The van der Waals surface area contributed by atoms with Crippen molar-refractivity contribution in [3.05, 3.63) is 52.5 Å². The van der Waals surface area contributed by atoms with Gasteiger partial charge >= 0.3 is 0 Å². The number of nitrogens with one attached hydrogen (secondary N) is 1. The van der Waals surface area contributed by atoms with Crippen molar-refractivity contribution < 1.29 is 14.3 Å². The minimum Gasteiger partial charge on any atom is -0.493 e. The number of amides is 1. The highest BCUT2D eigenvalue weighted by molar-refractivity contribution is 6.34. The molecule has 0 unspecified atom stereocenters. The van der Waals surface area contributed by atoms with E-state index in [1.54, 1.807) is 37.4 Å². The Labute approximate surface area is 147 Å². The first kappa shape index (κ1) is 18.1. The van der Waals surface area contributed by atoms with Crippen LogP contribution in [0.2, 0.25) is 5.02 Å². The number of halogens is 1. The molecule has 2 aromatic carbocycles. The standard InChI is InChI=1S/C19H22ClNO3/c1-12(2)11-24-17-8-6-14(10-18(17)23-4)19(22)21-16-7-5-13(3)9-15(16)20/h5-10,12H,11H2,1-4H3,(H,21,22). The molecule has 4 nitrogen and oxygen atoms in total. The summed E-state index contributed by atoms with van der Waals surface area (Å²) in [5, 5.41) is 3.31. The summed E-state index contributed by atoms with van der Waals surface area (Å²) in [4.78, 5) is 12.4. The van der Waals surface area contributed by atoms with Crippen LogP contribution in [0.3, 0.4) is 0 Å². The van der Waals surface area contributed by atoms with E-state index in [1.807, 2.05) is 13.0 Å². The van der Waals surface area contributed by atoms with Crippen molar-refractivity contribution in [3.8, 4) is 11.5 Å². The van der Waals surface area contributed by atoms with Crippen LogP contribution in [-0.4, -0.2) is 19.6 Å². The zero-order valence-corrected chi connectivity index (χ0v) is 15.1. The molecule has 0 aliphatic heterocycles. The molecule has 0 spiro atoms. The summed E-state index contributed by atoms with van der Waals surface area (Å²) in [5.41, 5.74) is 2.08. The van der Waals surface area contributed by atoms with E-state index in [0.29, 0.717) is 40.3 Å². The molecule has 0 bridgehead atoms. The molecule has 1 amide bonds. The molecule has 128 valence electrons. The lowest BCUT2D eigenvalue weighted by Gasteiger charge is -2.14. The Balaban J connectivity index is 2.17. The van der Waals surface area contributed by atoms with Crippen molar-refractivity contribution in [2.75, 3.05) is 19.0 Å². The highest BCUT2D eigenvalue weighted by atomic mass is 35.5. The van der Waals surface area contributed by atoms with E-state index in [0.717, 1.165) is 5.56 Å². The first-order valence-corrected chi connectivity index (χ1v) is 8.17. The van der Waals surface area contributed by atoms with Gasteiger partial charge in [-0.1, -0.05) is 31.5 Å². The third kappa shape index (κ3) is 4.65. The number of hydrogen-bond donors (Lipinski definition) is 1. The molecule has 0 saturated heterocycles. The quantitative estimate of drug-likeness (QED) is 0.804. The average molecular weight is 348 g/mol. The van der Waals surface area contributed by atoms with Gasteiger partial charge in [-0.25, -0.2) is 0 Å². The van der Waals surface area contributed by atoms with Gasteiger partial charge in [0.05, 0.1) is 24.4 Å². The molecule has 0 aliphatic carbocycles. The van der Waals surface area contributed by atoms with Gasteiger partial charge in [0.15, 0.2) is 11.5 Å². The van der Waals surface area contributed by atoms with Gasteiger partial charge in [0, 0.05) is 5.56 Å². The van der Waals surface area contributed by atoms with Crippen LogP contribution in [0.25, 0.3) is 0 Å². The van der Waals surface area contributed by atoms with E-state index in [1.165, 1.54) is 0 Å². The number of ether oxygens (including phenoxy) is 2. The van der Waals surface area contributed by atoms with Crippen LogP contribution < -0.4 is 14.8 Å². The molecule has 0 aromatic heterocycles. The van der Waals surface area contributed by atoms with Gasteiger partial charge in [-0.05, 0) is 48.7 Å². The van der Waals surface area contributed by atoms with Gasteiger partial charge < -0.3 is 14.8 Å². The van der Waals surface area contributed by atoms with Gasteiger partial charge in [-0.15, -0.1) is 0 Å². The Kier molecular flexibility index (Phi) is 6.10. The summed E-state index contributed by atoms with van der Waals surface area (Å²) in [6, 6.07) is 10.6. The van der Waals surface area contributed by atoms with Crippen LogP contribution in [0, 0.1) is 12.8 Å². The second-order valence-electron chi connectivity index (χ2n) is 6.01. The summed E-state index contributed by atoms with van der Waals surface area (Å²) in [7, 11) is 1.55. The number of carbonyl (C=O) groups is 1. The number of rotatable bonds is 6. The number of benzene rings is 2. The van der Waals surface area contributed by atoms with Gasteiger partial charge in [0.25, 0.3) is 5.91 Å². The lowest BCUT2D eigenvalue weighted by atomic mass is 10.1. The van der Waals surface area contributed by atoms with E-state index in [2.05, 4.69) is 19.2 Å². The highest BCUT2D eigenvalue weighted by Crippen LogP contribution is 2.29. The maximum absolute atomic E-state index is 12.4. The third-order valence-electron chi connectivity index (χ3n) is 3.37. The molecule has 24 heavy (non-hydrogen) atoms. The number of aryl methyl sites for hydroxylation is 1. The SMILES string of the molecule is COc1cc(C(=O)Nc2ccc(C)cc2Cl)ccc1OCC(C)C. The van der Waals surface area contributed by atoms with Crippen molar-refractivity contribution in [1.82, 2.24) is 0 Å². The second-order valence-corrected chi connectivity index (χ2v) is 6.42. The number of carbonyl (C=O) groups excluding carboxylic acids is 1. The van der Waals surface area contributed by atoms with E-state index >= 15 is 0 Å². The predicted molar refractivity (Wildman–Crippen MR) is 97.5 cm³/mol. The lowest BCUT2D eigenvalue weighted by molar-refractivity contribution is 0.102. The van der Waals surface area contributed by atoms with Gasteiger partial charge in [-0.3, -0.25) is 4.79 Å². The van der Waals surface area contributed by atoms with Gasteiger partial charge in [0.1, 0.15) is 0 Å². The van der Waals surface area contributed by atoms with Crippen molar-refractivity contribution in [3.63, 3.8) is 0 Å². The van der Waals surface area contributed by atoms with Crippen molar-refractivity contribution in [2.45, 2.75) is 20.8 Å². The van der Waals surface area contributed by atoms with Gasteiger partial charge in [-0.2, -0.15) is 0 Å². The van der Waals surface area contributed by atoms with Crippen LogP contribution in [0.4, 0.5) is 5.69 Å². The fourth-order valence-corrected chi connectivity index (χ4v) is 2.38. The third-order valence-corrected chi connectivity index (χ3v) is 3.68. The summed E-state index contributed by atoms with van der Waals surface area (Å²) in [6.07, 6.45) is 0. The zero-order valence-electron chi connectivity index (χ0n) is 14.4. The summed E-state index contributed by atoms with van der Waals surface area (Å²) in [6.45, 7) is 6.67. The zero-order chi connectivity index (χ0) is 17.7. The molecule has 0 aliphatic rings. The molecule has 0 heterocycles. The molecule has 0 saturated carbocycles. The van der Waals surface area contributed by atoms with Crippen LogP contribution in [0.1, 0.15) is 29.8 Å². The Hall–Kier alpha value is -2.20. The number of hydrogen-bond acceptors (Lipinski definition) is 3. The maximum atomic E-state index is 12.4. The van der Waals surface area contributed by atoms with E-state index in [-0.39, 0.29) is 5.91 Å². The monoisotopic (exact) mass is 347 g/mol. The minimum atomic E-state index is -0.255. The largest absolute Gasteiger partial charge is 0.493 e. The van der Waals surface area contributed by atoms with Crippen molar-refractivity contribution >= 4 is 23.2 Å². The Morgan fingerprint density at radius 3 is 2.54 bits per heavy atom. The van der Waals surface area contributed by atoms with Crippen molar-refractivity contribution in [1.29, 1.82) is 0 Å². The fourth-order valence-electron chi connectivity index (χ4n) is 2.10. The van der Waals surface area contributed by atoms with E-state index in [9.17, 15) is 4.79 Å². The summed E-state index contributed by atoms with van der Waals surface area (Å²) < 4.78 is 11.0. The average Bonchev–Trinajstić information content (AvgIpc) is 2.55. The predicted octanol–water partition coefficient (Wildman–Crippen LogP) is 4.94. The second kappa shape index (κ2) is 8.06. The van der Waals surface area contributed by atoms with Crippen molar-refractivity contribution in [2.24, 2.45) is 5.92 Å². The molecule has 2 aromatic rings. The number of anilines is 1. The van der Waals surface area contributed by atoms with E-state index in [4.69, 9.17) is 21.1 Å². The molecule has 5 heteroatoms. The molecule has 0 radical (unpaired) electrons. The van der Waals surface area contributed by atoms with Gasteiger partial charge in [0.2, 0.25) is 0 Å². The molecule has 0 fully saturated rings. The van der Waals surface area contributed by atoms with Crippen LogP contribution in [-0.2, 0) is 0 Å². The Morgan fingerprint density at radius 1 is 1.17 bits per heavy atom. The number of methoxy groups -OCH3 is 1. The minimum absolute atomic E-state index is 0.255. The first-order valence-electron chi connectivity index (χ1n) is 7.79. The Morgan fingerprint density at radius 2 is 1.92 bits per heavy atom. The smallest absolute Gasteiger partial charge is 0.255 e. The molecular formula is C19H22ClNO3. The lowest BCUT2D eigenvalue weighted by Crippen LogP contribution is -2.13. The van der Waals surface area contributed by atoms with Crippen LogP contribution >= 0.6 is 11.6 Å².